The Labute approximate surface area is 141 Å². The second-order valence-electron chi connectivity index (χ2n) is 5.77. The van der Waals surface area contributed by atoms with Crippen molar-refractivity contribution >= 4 is 27.4 Å². The van der Waals surface area contributed by atoms with Gasteiger partial charge in [-0.05, 0) is 51.1 Å². The summed E-state index contributed by atoms with van der Waals surface area (Å²) in [5, 5.41) is 5.71. The molecule has 0 aliphatic carbocycles. The number of nitrogens with one attached hydrogen (secondary N) is 2. The number of hydrogen-bond acceptors (Lipinski definition) is 6. The van der Waals surface area contributed by atoms with Crippen LogP contribution in [0.5, 0.6) is 0 Å². The lowest BCUT2D eigenvalue weighted by Gasteiger charge is -2.34. The van der Waals surface area contributed by atoms with E-state index in [1.165, 1.54) is 6.07 Å². The summed E-state index contributed by atoms with van der Waals surface area (Å²) < 4.78 is 28.0. The van der Waals surface area contributed by atoms with Gasteiger partial charge in [0.15, 0.2) is 14.6 Å². The van der Waals surface area contributed by atoms with E-state index in [0.717, 1.165) is 6.26 Å². The monoisotopic (exact) mass is 354 g/mol. The van der Waals surface area contributed by atoms with Crippen molar-refractivity contribution in [3.8, 4) is 0 Å². The standard InChI is InChI=1S/C16H22N2O5S/c1-3-23-14(19)12-5-4-6-13(11-12)18-15(20)16(24(2,21)22)7-9-17-10-8-16/h4-6,11,17H,3,7-10H2,1-2H3,(H,18,20). The van der Waals surface area contributed by atoms with E-state index in [9.17, 15) is 18.0 Å². The van der Waals surface area contributed by atoms with Gasteiger partial charge in [-0.25, -0.2) is 13.2 Å². The van der Waals surface area contributed by atoms with Crippen LogP contribution in [0.4, 0.5) is 5.69 Å². The van der Waals surface area contributed by atoms with Gasteiger partial charge in [-0.2, -0.15) is 0 Å². The quantitative estimate of drug-likeness (QED) is 0.764. The van der Waals surface area contributed by atoms with Crippen LogP contribution in [-0.2, 0) is 19.4 Å². The number of sulfone groups is 1. The zero-order valence-electron chi connectivity index (χ0n) is 13.8. The lowest BCUT2D eigenvalue weighted by atomic mass is 9.95. The maximum absolute atomic E-state index is 12.7. The van der Waals surface area contributed by atoms with Gasteiger partial charge in [0.05, 0.1) is 12.2 Å². The summed E-state index contributed by atoms with van der Waals surface area (Å²) in [4.78, 5) is 24.5. The molecule has 0 saturated carbocycles. The van der Waals surface area contributed by atoms with E-state index in [4.69, 9.17) is 4.74 Å². The van der Waals surface area contributed by atoms with E-state index in [0.29, 0.717) is 24.3 Å². The first-order valence-electron chi connectivity index (χ1n) is 7.79. The third-order valence-corrected chi connectivity index (χ3v) is 6.18. The second-order valence-corrected chi connectivity index (χ2v) is 8.10. The van der Waals surface area contributed by atoms with Crippen LogP contribution in [0.3, 0.4) is 0 Å². The normalized spacial score (nSPS) is 17.1. The number of hydrogen-bond donors (Lipinski definition) is 2. The predicted octanol–water partition coefficient (Wildman–Crippen LogP) is 0.969. The molecule has 1 amide bonds. The molecule has 1 aliphatic rings. The van der Waals surface area contributed by atoms with E-state index < -0.39 is 26.5 Å². The molecule has 0 spiro atoms. The average molecular weight is 354 g/mol. The number of esters is 1. The zero-order chi connectivity index (χ0) is 17.8. The highest BCUT2D eigenvalue weighted by atomic mass is 32.2. The summed E-state index contributed by atoms with van der Waals surface area (Å²) in [6.45, 7) is 2.88. The van der Waals surface area contributed by atoms with Gasteiger partial charge in [-0.3, -0.25) is 4.79 Å². The van der Waals surface area contributed by atoms with Crippen LogP contribution in [-0.4, -0.2) is 51.0 Å². The van der Waals surface area contributed by atoms with Gasteiger partial charge < -0.3 is 15.4 Å². The summed E-state index contributed by atoms with van der Waals surface area (Å²) in [5.41, 5.74) is 0.667. The van der Waals surface area contributed by atoms with Crippen molar-refractivity contribution in [1.29, 1.82) is 0 Å². The fourth-order valence-electron chi connectivity index (χ4n) is 2.78. The summed E-state index contributed by atoms with van der Waals surface area (Å²) in [7, 11) is -3.59. The van der Waals surface area contributed by atoms with Gasteiger partial charge in [-0.1, -0.05) is 6.07 Å². The molecule has 132 valence electrons. The van der Waals surface area contributed by atoms with Crippen molar-refractivity contribution in [2.24, 2.45) is 0 Å². The van der Waals surface area contributed by atoms with Gasteiger partial charge in [0, 0.05) is 11.9 Å². The van der Waals surface area contributed by atoms with Crippen LogP contribution in [0.15, 0.2) is 24.3 Å². The fourth-order valence-corrected chi connectivity index (χ4v) is 4.11. The molecule has 0 aromatic heterocycles. The van der Waals surface area contributed by atoms with E-state index in [1.54, 1.807) is 25.1 Å². The molecule has 1 fully saturated rings. The molecular formula is C16H22N2O5S. The number of benzene rings is 1. The van der Waals surface area contributed by atoms with Crippen LogP contribution < -0.4 is 10.6 Å². The Bertz CT molecular complexity index is 724. The summed E-state index contributed by atoms with van der Waals surface area (Å²) >= 11 is 0. The topological polar surface area (TPSA) is 102 Å². The van der Waals surface area contributed by atoms with Crippen LogP contribution in [0.2, 0.25) is 0 Å². The lowest BCUT2D eigenvalue weighted by molar-refractivity contribution is -0.119. The van der Waals surface area contributed by atoms with Crippen LogP contribution in [0.25, 0.3) is 0 Å². The minimum absolute atomic E-state index is 0.217. The van der Waals surface area contributed by atoms with Crippen molar-refractivity contribution in [2.45, 2.75) is 24.5 Å². The molecule has 7 nitrogen and oxygen atoms in total. The first-order chi connectivity index (χ1) is 11.3. The molecule has 2 rings (SSSR count). The lowest BCUT2D eigenvalue weighted by Crippen LogP contribution is -2.55. The maximum atomic E-state index is 12.7. The molecule has 1 aromatic carbocycles. The SMILES string of the molecule is CCOC(=O)c1cccc(NC(=O)C2(S(C)(=O)=O)CCNCC2)c1. The number of carbonyl (C=O) groups excluding carboxylic acids is 2. The van der Waals surface area contributed by atoms with E-state index in [-0.39, 0.29) is 19.4 Å². The third kappa shape index (κ3) is 3.76. The van der Waals surface area contributed by atoms with E-state index in [2.05, 4.69) is 10.6 Å². The zero-order valence-corrected chi connectivity index (χ0v) is 14.6. The van der Waals surface area contributed by atoms with Crippen LogP contribution in [0.1, 0.15) is 30.1 Å². The van der Waals surface area contributed by atoms with Crippen molar-refractivity contribution in [3.63, 3.8) is 0 Å². The Morgan fingerprint density at radius 1 is 1.29 bits per heavy atom. The van der Waals surface area contributed by atoms with Crippen molar-refractivity contribution in [3.05, 3.63) is 29.8 Å². The van der Waals surface area contributed by atoms with Crippen molar-refractivity contribution in [2.75, 3.05) is 31.3 Å². The molecule has 8 heteroatoms. The van der Waals surface area contributed by atoms with Crippen LogP contribution >= 0.6 is 0 Å². The molecule has 1 aromatic rings. The molecule has 1 aliphatic heterocycles. The van der Waals surface area contributed by atoms with E-state index >= 15 is 0 Å². The number of rotatable bonds is 5. The maximum Gasteiger partial charge on any atom is 0.338 e. The minimum atomic E-state index is -3.59. The molecule has 0 radical (unpaired) electrons. The summed E-state index contributed by atoms with van der Waals surface area (Å²) in [6.07, 6.45) is 1.53. The Balaban J connectivity index is 2.24. The number of anilines is 1. The molecule has 24 heavy (non-hydrogen) atoms. The van der Waals surface area contributed by atoms with Crippen molar-refractivity contribution in [1.82, 2.24) is 5.32 Å². The molecule has 1 saturated heterocycles. The first-order valence-corrected chi connectivity index (χ1v) is 9.68. The highest BCUT2D eigenvalue weighted by Gasteiger charge is 2.48. The molecule has 0 atom stereocenters. The average Bonchev–Trinajstić information content (AvgIpc) is 2.55. The smallest absolute Gasteiger partial charge is 0.338 e. The summed E-state index contributed by atoms with van der Waals surface area (Å²) in [6, 6.07) is 6.27. The Morgan fingerprint density at radius 3 is 2.54 bits per heavy atom. The molecule has 2 N–H and O–H groups in total. The summed E-state index contributed by atoms with van der Waals surface area (Å²) in [5.74, 6) is -1.05. The third-order valence-electron chi connectivity index (χ3n) is 4.17. The molecule has 1 heterocycles. The Morgan fingerprint density at radius 2 is 1.96 bits per heavy atom. The Hall–Kier alpha value is -1.93. The van der Waals surface area contributed by atoms with Crippen LogP contribution in [0, 0.1) is 0 Å². The highest BCUT2D eigenvalue weighted by Crippen LogP contribution is 2.29. The van der Waals surface area contributed by atoms with Gasteiger partial charge in [0.25, 0.3) is 0 Å². The van der Waals surface area contributed by atoms with Gasteiger partial charge in [0.2, 0.25) is 5.91 Å². The number of carbonyl (C=O) groups is 2. The number of amides is 1. The predicted molar refractivity (Wildman–Crippen MR) is 90.7 cm³/mol. The second kappa shape index (κ2) is 7.31. The Kier molecular flexibility index (Phi) is 5.61. The minimum Gasteiger partial charge on any atom is -0.462 e. The van der Waals surface area contributed by atoms with Gasteiger partial charge in [0.1, 0.15) is 0 Å². The van der Waals surface area contributed by atoms with E-state index in [1.807, 2.05) is 0 Å². The van der Waals surface area contributed by atoms with Crippen molar-refractivity contribution < 1.29 is 22.7 Å². The largest absolute Gasteiger partial charge is 0.462 e. The van der Waals surface area contributed by atoms with Gasteiger partial charge in [-0.15, -0.1) is 0 Å². The fraction of sp³-hybridized carbons (Fsp3) is 0.500. The number of piperidine rings is 1. The number of ether oxygens (including phenoxy) is 1. The first kappa shape index (κ1) is 18.4. The molecule has 0 unspecified atom stereocenters. The van der Waals surface area contributed by atoms with Gasteiger partial charge >= 0.3 is 5.97 Å². The molecule has 0 bridgehead atoms. The molecular weight excluding hydrogens is 332 g/mol. The highest BCUT2D eigenvalue weighted by molar-refractivity contribution is 7.92.